The lowest BCUT2D eigenvalue weighted by Gasteiger charge is -2.09. The van der Waals surface area contributed by atoms with Crippen molar-refractivity contribution in [2.24, 2.45) is 0 Å². The lowest BCUT2D eigenvalue weighted by Crippen LogP contribution is -2.39. The van der Waals surface area contributed by atoms with Crippen LogP contribution in [-0.2, 0) is 0 Å². The predicted molar refractivity (Wildman–Crippen MR) is 181 cm³/mol. The standard InChI is InChI=1S/C37H28F6N8O3/c38-36(39,40)53-27-13-9-25(10-14-27)50-19-44-33(48-50)23-5-1-21(2-6-23)29-17-31(29)46-35(52)47-32-18-30(32)22-3-7-24(8-4-22)34-45-20-51(49-34)26-11-15-28(16-12-26)54-37(41,42)43/h1-16,19-20,29-32H,17-18H2,(H2,46,47,52). The third kappa shape index (κ3) is 8.14. The molecule has 6 aromatic rings. The molecule has 2 aliphatic rings. The Bertz CT molecular complexity index is 2090. The van der Waals surface area contributed by atoms with Crippen molar-refractivity contribution < 1.29 is 40.6 Å². The number of ether oxygens (including phenoxy) is 2. The lowest BCUT2D eigenvalue weighted by atomic mass is 10.1. The summed E-state index contributed by atoms with van der Waals surface area (Å²) in [5.41, 5.74) is 4.72. The topological polar surface area (TPSA) is 121 Å². The highest BCUT2D eigenvalue weighted by Gasteiger charge is 2.43. The molecule has 54 heavy (non-hydrogen) atoms. The Hall–Kier alpha value is -6.39. The normalized spacial score (nSPS) is 19.2. The quantitative estimate of drug-likeness (QED) is 0.138. The number of nitrogens with zero attached hydrogens (tertiary/aromatic N) is 6. The highest BCUT2D eigenvalue weighted by molar-refractivity contribution is 5.76. The molecule has 2 aliphatic carbocycles. The van der Waals surface area contributed by atoms with Gasteiger partial charge in [0.15, 0.2) is 11.6 Å². The van der Waals surface area contributed by atoms with Crippen LogP contribution >= 0.6 is 0 Å². The molecule has 0 aliphatic heterocycles. The zero-order valence-corrected chi connectivity index (χ0v) is 27.8. The maximum Gasteiger partial charge on any atom is 0.573 e. The summed E-state index contributed by atoms with van der Waals surface area (Å²) in [6.07, 6.45) is -4.96. The van der Waals surface area contributed by atoms with E-state index in [9.17, 15) is 31.1 Å². The Kier molecular flexibility index (Phi) is 8.70. The number of aromatic nitrogens is 6. The summed E-state index contributed by atoms with van der Waals surface area (Å²) >= 11 is 0. The number of rotatable bonds is 10. The van der Waals surface area contributed by atoms with Crippen LogP contribution in [0.4, 0.5) is 31.1 Å². The first-order chi connectivity index (χ1) is 25.8. The van der Waals surface area contributed by atoms with E-state index >= 15 is 0 Å². The molecular weight excluding hydrogens is 718 g/mol. The first-order valence-electron chi connectivity index (χ1n) is 16.7. The molecule has 11 nitrogen and oxygen atoms in total. The van der Waals surface area contributed by atoms with Gasteiger partial charge in [0, 0.05) is 35.0 Å². The monoisotopic (exact) mass is 746 g/mol. The van der Waals surface area contributed by atoms with Crippen LogP contribution < -0.4 is 20.1 Å². The van der Waals surface area contributed by atoms with E-state index in [2.05, 4.69) is 40.3 Å². The van der Waals surface area contributed by atoms with Gasteiger partial charge in [-0.1, -0.05) is 48.5 Å². The van der Waals surface area contributed by atoms with Crippen molar-refractivity contribution in [2.45, 2.75) is 49.5 Å². The van der Waals surface area contributed by atoms with Crippen molar-refractivity contribution in [2.75, 3.05) is 0 Å². The molecule has 0 spiro atoms. The molecule has 276 valence electrons. The second-order valence-corrected chi connectivity index (χ2v) is 12.9. The van der Waals surface area contributed by atoms with E-state index < -0.39 is 12.7 Å². The van der Waals surface area contributed by atoms with Crippen LogP contribution in [0, 0.1) is 0 Å². The van der Waals surface area contributed by atoms with E-state index in [0.717, 1.165) is 35.1 Å². The van der Waals surface area contributed by atoms with Crippen molar-refractivity contribution in [1.29, 1.82) is 0 Å². The molecule has 2 heterocycles. The van der Waals surface area contributed by atoms with E-state index in [0.29, 0.717) is 23.0 Å². The molecule has 2 N–H and O–H groups in total. The number of benzene rings is 4. The number of alkyl halides is 6. The van der Waals surface area contributed by atoms with E-state index in [1.807, 2.05) is 48.5 Å². The number of hydrogen-bond donors (Lipinski definition) is 2. The smallest absolute Gasteiger partial charge is 0.406 e. The number of halogens is 6. The number of urea groups is 1. The molecule has 0 bridgehead atoms. The lowest BCUT2D eigenvalue weighted by molar-refractivity contribution is -0.275. The summed E-state index contributed by atoms with van der Waals surface area (Å²) < 4.78 is 85.4. The Labute approximate surface area is 302 Å². The summed E-state index contributed by atoms with van der Waals surface area (Å²) in [5, 5.41) is 15.0. The Morgan fingerprint density at radius 3 is 1.30 bits per heavy atom. The summed E-state index contributed by atoms with van der Waals surface area (Å²) in [4.78, 5) is 21.5. The Morgan fingerprint density at radius 2 is 0.944 bits per heavy atom. The fraction of sp³-hybridized carbons (Fsp3) is 0.216. The molecule has 2 aromatic heterocycles. The summed E-state index contributed by atoms with van der Waals surface area (Å²) in [7, 11) is 0. The SMILES string of the molecule is O=C(NC1CC1c1ccc(-c2ncn(-c3ccc(OC(F)(F)F)cc3)n2)cc1)NC1CC1c1ccc(-c2ncn(-c3ccc(OC(F)(F)F)cc3)n2)cc1. The van der Waals surface area contributed by atoms with Crippen LogP contribution in [0.15, 0.2) is 110 Å². The van der Waals surface area contributed by atoms with Gasteiger partial charge in [0.1, 0.15) is 24.2 Å². The van der Waals surface area contributed by atoms with Gasteiger partial charge in [-0.15, -0.1) is 36.5 Å². The van der Waals surface area contributed by atoms with E-state index in [4.69, 9.17) is 0 Å². The largest absolute Gasteiger partial charge is 0.573 e. The van der Waals surface area contributed by atoms with Crippen molar-refractivity contribution in [1.82, 2.24) is 40.2 Å². The van der Waals surface area contributed by atoms with Crippen LogP contribution in [-0.4, -0.2) is 60.4 Å². The van der Waals surface area contributed by atoms with Gasteiger partial charge in [-0.3, -0.25) is 0 Å². The van der Waals surface area contributed by atoms with Gasteiger partial charge < -0.3 is 20.1 Å². The minimum atomic E-state index is -4.77. The average molecular weight is 747 g/mol. The molecule has 0 radical (unpaired) electrons. The van der Waals surface area contributed by atoms with Crippen LogP contribution in [0.2, 0.25) is 0 Å². The minimum Gasteiger partial charge on any atom is -0.406 e. The van der Waals surface area contributed by atoms with Gasteiger partial charge >= 0.3 is 18.8 Å². The summed E-state index contributed by atoms with van der Waals surface area (Å²) in [6, 6.07) is 25.9. The molecule has 4 aromatic carbocycles. The number of hydrogen-bond acceptors (Lipinski definition) is 7. The highest BCUT2D eigenvalue weighted by atomic mass is 19.4. The zero-order valence-electron chi connectivity index (χ0n) is 27.8. The van der Waals surface area contributed by atoms with E-state index in [1.165, 1.54) is 70.5 Å². The first kappa shape index (κ1) is 34.7. The van der Waals surface area contributed by atoms with E-state index in [-0.39, 0.29) is 41.4 Å². The van der Waals surface area contributed by atoms with Crippen LogP contribution in [0.25, 0.3) is 34.2 Å². The van der Waals surface area contributed by atoms with Gasteiger partial charge in [0.25, 0.3) is 0 Å². The molecule has 8 rings (SSSR count). The number of carbonyl (C=O) groups is 1. The van der Waals surface area contributed by atoms with Gasteiger partial charge in [-0.25, -0.2) is 24.1 Å². The fourth-order valence-corrected chi connectivity index (χ4v) is 6.22. The van der Waals surface area contributed by atoms with Crippen LogP contribution in [0.5, 0.6) is 11.5 Å². The molecule has 0 saturated heterocycles. The van der Waals surface area contributed by atoms with E-state index in [1.54, 1.807) is 0 Å². The van der Waals surface area contributed by atoms with Gasteiger partial charge in [-0.05, 0) is 72.5 Å². The second kappa shape index (κ2) is 13.5. The molecular formula is C37H28F6N8O3. The molecule has 2 amide bonds. The van der Waals surface area contributed by atoms with Gasteiger partial charge in [0.05, 0.1) is 11.4 Å². The van der Waals surface area contributed by atoms with Gasteiger partial charge in [0.2, 0.25) is 0 Å². The maximum absolute atomic E-state index is 12.8. The Balaban J connectivity index is 0.795. The van der Waals surface area contributed by atoms with Crippen molar-refractivity contribution in [3.8, 4) is 45.6 Å². The molecule has 2 fully saturated rings. The second-order valence-electron chi connectivity index (χ2n) is 12.9. The number of nitrogens with one attached hydrogen (secondary N) is 2. The summed E-state index contributed by atoms with van der Waals surface area (Å²) in [5.74, 6) is 0.604. The van der Waals surface area contributed by atoms with Crippen LogP contribution in [0.1, 0.15) is 35.8 Å². The molecule has 17 heteroatoms. The highest BCUT2D eigenvalue weighted by Crippen LogP contribution is 2.43. The van der Waals surface area contributed by atoms with Crippen molar-refractivity contribution >= 4 is 6.03 Å². The fourth-order valence-electron chi connectivity index (χ4n) is 6.22. The third-order valence-electron chi connectivity index (χ3n) is 9.06. The first-order valence-corrected chi connectivity index (χ1v) is 16.7. The zero-order chi connectivity index (χ0) is 37.6. The average Bonchev–Trinajstić information content (AvgIpc) is 3.93. The number of amides is 2. The summed E-state index contributed by atoms with van der Waals surface area (Å²) in [6.45, 7) is 0. The van der Waals surface area contributed by atoms with Crippen molar-refractivity contribution in [3.63, 3.8) is 0 Å². The van der Waals surface area contributed by atoms with Crippen molar-refractivity contribution in [3.05, 3.63) is 121 Å². The number of carbonyl (C=O) groups excluding carboxylic acids is 1. The van der Waals surface area contributed by atoms with Gasteiger partial charge in [-0.2, -0.15) is 0 Å². The van der Waals surface area contributed by atoms with Crippen LogP contribution in [0.3, 0.4) is 0 Å². The predicted octanol–water partition coefficient (Wildman–Crippen LogP) is 7.69. The Morgan fingerprint density at radius 1 is 0.574 bits per heavy atom. The molecule has 4 atom stereocenters. The minimum absolute atomic E-state index is 0.00688. The third-order valence-corrected chi connectivity index (χ3v) is 9.06. The maximum atomic E-state index is 12.8. The molecule has 4 unspecified atom stereocenters. The molecule has 2 saturated carbocycles.